The molecule has 0 saturated heterocycles. The first kappa shape index (κ1) is 26.5. The minimum absolute atomic E-state index is 0.0319. The van der Waals surface area contributed by atoms with E-state index >= 15 is 0 Å². The summed E-state index contributed by atoms with van der Waals surface area (Å²) in [5.74, 6) is -4.64. The van der Waals surface area contributed by atoms with E-state index in [2.05, 4.69) is 15.6 Å². The summed E-state index contributed by atoms with van der Waals surface area (Å²) in [6.45, 7) is 0. The van der Waals surface area contributed by atoms with E-state index in [4.69, 9.17) is 11.6 Å². The fourth-order valence-corrected chi connectivity index (χ4v) is 4.75. The van der Waals surface area contributed by atoms with Gasteiger partial charge in [-0.2, -0.15) is 13.2 Å². The maximum absolute atomic E-state index is 14.0. The Bertz CT molecular complexity index is 1560. The largest absolute Gasteiger partial charge is 0.416 e. The van der Waals surface area contributed by atoms with Crippen LogP contribution in [0.25, 0.3) is 0 Å². The Morgan fingerprint density at radius 3 is 2.46 bits per heavy atom. The Hall–Kier alpha value is -3.58. The molecule has 1 aliphatic rings. The molecule has 37 heavy (non-hydrogen) atoms. The summed E-state index contributed by atoms with van der Waals surface area (Å²) in [4.78, 5) is 29.7. The molecule has 2 amide bonds. The van der Waals surface area contributed by atoms with Gasteiger partial charge in [-0.3, -0.25) is 9.59 Å². The van der Waals surface area contributed by atoms with Crippen molar-refractivity contribution in [3.8, 4) is 0 Å². The van der Waals surface area contributed by atoms with E-state index in [0.717, 1.165) is 24.5 Å². The Labute approximate surface area is 211 Å². The molecule has 0 saturated carbocycles. The van der Waals surface area contributed by atoms with E-state index in [1.165, 1.54) is 6.07 Å². The Morgan fingerprint density at radius 1 is 1.11 bits per heavy atom. The number of amides is 2. The molecule has 2 aromatic carbocycles. The average molecular weight is 560 g/mol. The minimum atomic E-state index is -4.94. The van der Waals surface area contributed by atoms with Gasteiger partial charge in [0.05, 0.1) is 28.7 Å². The first-order valence-electron chi connectivity index (χ1n) is 10.3. The Morgan fingerprint density at radius 2 is 1.81 bits per heavy atom. The van der Waals surface area contributed by atoms with Crippen molar-refractivity contribution in [3.63, 3.8) is 0 Å². The lowest BCUT2D eigenvalue weighted by molar-refractivity contribution is -0.137. The van der Waals surface area contributed by atoms with Gasteiger partial charge in [0.25, 0.3) is 11.8 Å². The molecular formula is C23H15ClF5N3O4S. The molecule has 7 nitrogen and oxygen atoms in total. The zero-order chi connectivity index (χ0) is 27.3. The van der Waals surface area contributed by atoms with Crippen molar-refractivity contribution < 1.29 is 40.0 Å². The fraction of sp³-hybridized carbons (Fsp3) is 0.174. The van der Waals surface area contributed by atoms with Crippen molar-refractivity contribution in [3.05, 3.63) is 92.8 Å². The molecule has 1 unspecified atom stereocenters. The van der Waals surface area contributed by atoms with Crippen LogP contribution < -0.4 is 10.6 Å². The van der Waals surface area contributed by atoms with Gasteiger partial charge < -0.3 is 10.6 Å². The summed E-state index contributed by atoms with van der Waals surface area (Å²) in [7, 11) is -3.67. The number of pyridine rings is 1. The summed E-state index contributed by atoms with van der Waals surface area (Å²) < 4.78 is 90.9. The third kappa shape index (κ3) is 5.72. The van der Waals surface area contributed by atoms with Gasteiger partial charge in [0.15, 0.2) is 9.84 Å². The van der Waals surface area contributed by atoms with E-state index in [-0.39, 0.29) is 39.3 Å². The highest BCUT2D eigenvalue weighted by atomic mass is 35.5. The van der Waals surface area contributed by atoms with Crippen molar-refractivity contribution in [1.29, 1.82) is 0 Å². The van der Waals surface area contributed by atoms with Crippen LogP contribution in [-0.2, 0) is 21.8 Å². The molecule has 0 aliphatic carbocycles. The van der Waals surface area contributed by atoms with Gasteiger partial charge in [0, 0.05) is 28.0 Å². The van der Waals surface area contributed by atoms with Gasteiger partial charge in [-0.15, -0.1) is 0 Å². The molecule has 3 aromatic rings. The van der Waals surface area contributed by atoms with E-state index in [1.807, 2.05) is 0 Å². The number of anilines is 1. The van der Waals surface area contributed by atoms with Crippen LogP contribution in [0.5, 0.6) is 0 Å². The summed E-state index contributed by atoms with van der Waals surface area (Å²) in [5.41, 5.74) is -2.74. The molecule has 194 valence electrons. The molecule has 0 fully saturated rings. The third-order valence-corrected chi connectivity index (χ3v) is 6.47. The molecule has 1 atom stereocenters. The fourth-order valence-electron chi connectivity index (χ4n) is 3.84. The number of hydrogen-bond acceptors (Lipinski definition) is 5. The van der Waals surface area contributed by atoms with Gasteiger partial charge in [-0.1, -0.05) is 11.6 Å². The number of rotatable bonds is 5. The number of carbonyl (C=O) groups excluding carboxylic acids is 2. The number of nitrogens with zero attached hydrogens (tertiary/aromatic N) is 1. The Balaban J connectivity index is 1.86. The maximum atomic E-state index is 14.0. The number of fused-ring (bicyclic) bond motifs is 1. The maximum Gasteiger partial charge on any atom is 0.416 e. The van der Waals surface area contributed by atoms with Crippen molar-refractivity contribution in [2.24, 2.45) is 0 Å². The molecule has 0 bridgehead atoms. The highest BCUT2D eigenvalue weighted by Gasteiger charge is 2.37. The van der Waals surface area contributed by atoms with E-state index in [1.54, 1.807) is 0 Å². The van der Waals surface area contributed by atoms with Gasteiger partial charge in [-0.25, -0.2) is 22.2 Å². The van der Waals surface area contributed by atoms with Crippen LogP contribution in [0.3, 0.4) is 0 Å². The van der Waals surface area contributed by atoms with Gasteiger partial charge in [0.2, 0.25) is 0 Å². The summed E-state index contributed by atoms with van der Waals surface area (Å²) in [6, 6.07) is 4.51. The highest BCUT2D eigenvalue weighted by molar-refractivity contribution is 7.89. The summed E-state index contributed by atoms with van der Waals surface area (Å²) >= 11 is 6.19. The van der Waals surface area contributed by atoms with Crippen LogP contribution in [0.15, 0.2) is 42.5 Å². The number of hydrogen-bond donors (Lipinski definition) is 2. The molecule has 1 aliphatic heterocycles. The number of nitrogens with one attached hydrogen (secondary N) is 2. The average Bonchev–Trinajstić information content (AvgIpc) is 3.09. The number of halogens is 6. The topological polar surface area (TPSA) is 105 Å². The molecule has 0 radical (unpaired) electrons. The zero-order valence-corrected chi connectivity index (χ0v) is 20.2. The van der Waals surface area contributed by atoms with Gasteiger partial charge in [0.1, 0.15) is 17.3 Å². The van der Waals surface area contributed by atoms with E-state index < -0.39 is 62.4 Å². The summed E-state index contributed by atoms with van der Waals surface area (Å²) in [5, 5.41) is 4.87. The molecule has 14 heteroatoms. The van der Waals surface area contributed by atoms with Crippen molar-refractivity contribution in [2.45, 2.75) is 18.0 Å². The van der Waals surface area contributed by atoms with Crippen LogP contribution in [-0.4, -0.2) is 31.5 Å². The second kappa shape index (κ2) is 9.38. The molecule has 2 heterocycles. The lowest BCUT2D eigenvalue weighted by Crippen LogP contribution is -2.21. The van der Waals surface area contributed by atoms with Crippen LogP contribution in [0.4, 0.5) is 27.6 Å². The normalized spacial score (nSPS) is 15.3. The molecule has 2 N–H and O–H groups in total. The Kier molecular flexibility index (Phi) is 6.71. The lowest BCUT2D eigenvalue weighted by Gasteiger charge is -2.18. The second-order valence-corrected chi connectivity index (χ2v) is 10.8. The molecule has 0 spiro atoms. The van der Waals surface area contributed by atoms with Gasteiger partial charge in [-0.05, 0) is 42.5 Å². The van der Waals surface area contributed by atoms with Crippen LogP contribution in [0, 0.1) is 11.6 Å². The molecule has 4 rings (SSSR count). The van der Waals surface area contributed by atoms with Crippen LogP contribution in [0.1, 0.15) is 49.3 Å². The third-order valence-electron chi connectivity index (χ3n) is 5.31. The second-order valence-electron chi connectivity index (χ2n) is 8.25. The van der Waals surface area contributed by atoms with Crippen LogP contribution in [0.2, 0.25) is 5.02 Å². The van der Waals surface area contributed by atoms with Crippen LogP contribution >= 0.6 is 11.6 Å². The number of carbonyl (C=O) groups is 2. The number of sulfone groups is 1. The standard InChI is InChI=1S/C23H15ClF5N3O4S/c1-37(35,36)9-14-8-17(31-21(33)10-4-11(23(27,28)29)6-13(26)5-10)18-19(32-22(34)20(18)30-14)15-7-12(25)2-3-16(15)24/h2-8,19H,9H2,1H3,(H,32,34)(H,30,31,33). The highest BCUT2D eigenvalue weighted by Crippen LogP contribution is 2.39. The number of benzene rings is 2. The van der Waals surface area contributed by atoms with Crippen molar-refractivity contribution >= 4 is 38.9 Å². The van der Waals surface area contributed by atoms with Crippen molar-refractivity contribution in [2.75, 3.05) is 11.6 Å². The first-order chi connectivity index (χ1) is 17.1. The first-order valence-corrected chi connectivity index (χ1v) is 12.7. The SMILES string of the molecule is CS(=O)(=O)Cc1cc(NC(=O)c2cc(F)cc(C(F)(F)F)c2)c2c(n1)C(=O)NC2c1cc(F)ccc1Cl. The van der Waals surface area contributed by atoms with E-state index in [0.29, 0.717) is 12.1 Å². The summed E-state index contributed by atoms with van der Waals surface area (Å²) in [6.07, 6.45) is -4.03. The predicted octanol–water partition coefficient (Wildman–Crippen LogP) is 4.66. The molecular weight excluding hydrogens is 545 g/mol. The smallest absolute Gasteiger partial charge is 0.340 e. The number of alkyl halides is 3. The van der Waals surface area contributed by atoms with Crippen molar-refractivity contribution in [1.82, 2.24) is 10.3 Å². The lowest BCUT2D eigenvalue weighted by atomic mass is 9.98. The minimum Gasteiger partial charge on any atom is -0.340 e. The quantitative estimate of drug-likeness (QED) is 0.442. The van der Waals surface area contributed by atoms with E-state index in [9.17, 15) is 40.0 Å². The zero-order valence-electron chi connectivity index (χ0n) is 18.6. The monoisotopic (exact) mass is 559 g/mol. The van der Waals surface area contributed by atoms with Gasteiger partial charge >= 0.3 is 6.18 Å². The predicted molar refractivity (Wildman–Crippen MR) is 123 cm³/mol. The molecule has 1 aromatic heterocycles. The number of aromatic nitrogens is 1.